The van der Waals surface area contributed by atoms with Crippen molar-refractivity contribution in [3.05, 3.63) is 77.9 Å². The molecule has 0 spiro atoms. The summed E-state index contributed by atoms with van der Waals surface area (Å²) in [5, 5.41) is 1.33. The van der Waals surface area contributed by atoms with Crippen LogP contribution in [-0.2, 0) is 9.53 Å². The van der Waals surface area contributed by atoms with Gasteiger partial charge in [0.15, 0.2) is 0 Å². The molecule has 0 heterocycles. The minimum absolute atomic E-state index is 0.0588. The van der Waals surface area contributed by atoms with Crippen molar-refractivity contribution >= 4 is 19.2 Å². The van der Waals surface area contributed by atoms with Crippen LogP contribution >= 0.6 is 0 Å². The van der Waals surface area contributed by atoms with Gasteiger partial charge in [0.25, 0.3) is 0 Å². The van der Waals surface area contributed by atoms with E-state index in [1.807, 2.05) is 37.3 Å². The number of carbonyl (C=O) groups excluding carboxylic acids is 1. The van der Waals surface area contributed by atoms with Crippen LogP contribution in [-0.4, -0.2) is 21.2 Å². The molecule has 3 heteroatoms. The van der Waals surface area contributed by atoms with Gasteiger partial charge in [-0.15, -0.1) is 0 Å². The van der Waals surface area contributed by atoms with E-state index >= 15 is 0 Å². The summed E-state index contributed by atoms with van der Waals surface area (Å²) in [4.78, 5) is 12.4. The number of esters is 1. The van der Waals surface area contributed by atoms with Crippen molar-refractivity contribution in [1.29, 1.82) is 0 Å². The van der Waals surface area contributed by atoms with Crippen molar-refractivity contribution < 1.29 is 9.53 Å². The highest BCUT2D eigenvalue weighted by Crippen LogP contribution is 2.34. The van der Waals surface area contributed by atoms with Crippen molar-refractivity contribution in [2.75, 3.05) is 7.11 Å². The predicted octanol–water partition coefficient (Wildman–Crippen LogP) is 4.04. The Balaban J connectivity index is 2.61. The molecule has 0 unspecified atom stereocenters. The first kappa shape index (κ1) is 17.2. The molecule has 0 N–H and O–H groups in total. The van der Waals surface area contributed by atoms with Crippen LogP contribution in [0.1, 0.15) is 18.0 Å². The van der Waals surface area contributed by atoms with E-state index in [1.165, 1.54) is 17.9 Å². The maximum absolute atomic E-state index is 12.4. The molecule has 2 rings (SSSR count). The molecule has 23 heavy (non-hydrogen) atoms. The molecule has 2 aromatic carbocycles. The van der Waals surface area contributed by atoms with Crippen LogP contribution in [0, 0.1) is 0 Å². The number of carbonyl (C=O) groups is 1. The Morgan fingerprint density at radius 1 is 1.00 bits per heavy atom. The zero-order valence-electron chi connectivity index (χ0n) is 14.2. The van der Waals surface area contributed by atoms with E-state index in [-0.39, 0.29) is 11.5 Å². The van der Waals surface area contributed by atoms with Crippen molar-refractivity contribution in [3.8, 4) is 0 Å². The Kier molecular flexibility index (Phi) is 5.56. The minimum Gasteiger partial charge on any atom is -0.466 e. The minimum atomic E-state index is -1.98. The fourth-order valence-electron chi connectivity index (χ4n) is 3.19. The van der Waals surface area contributed by atoms with Crippen LogP contribution in [0.5, 0.6) is 0 Å². The molecule has 0 aliphatic heterocycles. The lowest BCUT2D eigenvalue weighted by atomic mass is 10.0. The zero-order chi connectivity index (χ0) is 16.9. The molecule has 0 aromatic heterocycles. The molecule has 0 saturated carbocycles. The first-order valence-corrected chi connectivity index (χ1v) is 10.9. The number of hydrogen-bond acceptors (Lipinski definition) is 2. The van der Waals surface area contributed by atoms with Gasteiger partial charge in [-0.2, -0.15) is 0 Å². The highest BCUT2D eigenvalue weighted by Gasteiger charge is 2.39. The molecule has 1 atom stereocenters. The van der Waals surface area contributed by atoms with Gasteiger partial charge in [0.2, 0.25) is 0 Å². The van der Waals surface area contributed by atoms with Gasteiger partial charge in [-0.05, 0) is 12.5 Å². The molecule has 0 fully saturated rings. The SMILES string of the molecule is C/C=C(\C(=O)OC)[C@@H](c1ccccc1)[Si](C)(C)c1ccccc1. The standard InChI is InChI=1S/C20H24O2Si/c1-5-18(20(21)22-2)19(16-12-8-6-9-13-16)23(3,4)17-14-10-7-11-15-17/h5-15,19H,1-4H3/b18-5-/t19-/m1/s1. The topological polar surface area (TPSA) is 26.3 Å². The molecule has 0 amide bonds. The average molecular weight is 324 g/mol. The van der Waals surface area contributed by atoms with Gasteiger partial charge in [-0.3, -0.25) is 0 Å². The predicted molar refractivity (Wildman–Crippen MR) is 98.5 cm³/mol. The number of rotatable bonds is 5. The van der Waals surface area contributed by atoms with Gasteiger partial charge in [0.05, 0.1) is 15.2 Å². The Hall–Kier alpha value is -2.13. The van der Waals surface area contributed by atoms with Gasteiger partial charge >= 0.3 is 5.97 Å². The molecule has 0 radical (unpaired) electrons. The molecule has 0 aliphatic carbocycles. The maximum Gasteiger partial charge on any atom is 0.333 e. The third-order valence-electron chi connectivity index (χ3n) is 4.42. The Morgan fingerprint density at radius 3 is 2.00 bits per heavy atom. The normalized spacial score (nSPS) is 13.5. The summed E-state index contributed by atoms with van der Waals surface area (Å²) in [6.45, 7) is 6.54. The Bertz CT molecular complexity index is 675. The first-order valence-electron chi connectivity index (χ1n) is 7.87. The highest BCUT2D eigenvalue weighted by atomic mass is 28.3. The Labute approximate surface area is 139 Å². The largest absolute Gasteiger partial charge is 0.466 e. The second-order valence-corrected chi connectivity index (χ2v) is 10.8. The van der Waals surface area contributed by atoms with E-state index in [0.717, 1.165) is 5.57 Å². The van der Waals surface area contributed by atoms with Gasteiger partial charge in [-0.1, -0.05) is 85.0 Å². The summed E-state index contributed by atoms with van der Waals surface area (Å²) < 4.78 is 5.05. The van der Waals surface area contributed by atoms with Crippen LogP contribution in [0.4, 0.5) is 0 Å². The van der Waals surface area contributed by atoms with Gasteiger partial charge in [0.1, 0.15) is 0 Å². The summed E-state index contributed by atoms with van der Waals surface area (Å²) in [5.74, 6) is -0.238. The molecule has 2 nitrogen and oxygen atoms in total. The lowest BCUT2D eigenvalue weighted by Gasteiger charge is -2.34. The fraction of sp³-hybridized carbons (Fsp3) is 0.250. The third-order valence-corrected chi connectivity index (χ3v) is 8.32. The smallest absolute Gasteiger partial charge is 0.333 e. The number of benzene rings is 2. The van der Waals surface area contributed by atoms with Crippen LogP contribution < -0.4 is 5.19 Å². The van der Waals surface area contributed by atoms with Crippen LogP contribution in [0.25, 0.3) is 0 Å². The molecular weight excluding hydrogens is 300 g/mol. The van der Waals surface area contributed by atoms with E-state index in [2.05, 4.69) is 49.5 Å². The summed E-state index contributed by atoms with van der Waals surface area (Å²) in [5.41, 5.74) is 1.98. The van der Waals surface area contributed by atoms with E-state index < -0.39 is 8.07 Å². The lowest BCUT2D eigenvalue weighted by Crippen LogP contribution is -2.49. The molecule has 0 aliphatic rings. The van der Waals surface area contributed by atoms with E-state index in [4.69, 9.17) is 4.74 Å². The molecule has 0 saturated heterocycles. The molecule has 0 bridgehead atoms. The molecule has 120 valence electrons. The number of ether oxygens (including phenoxy) is 1. The monoisotopic (exact) mass is 324 g/mol. The van der Waals surface area contributed by atoms with Crippen LogP contribution in [0.15, 0.2) is 72.3 Å². The third kappa shape index (κ3) is 3.62. The van der Waals surface area contributed by atoms with E-state index in [0.29, 0.717) is 0 Å². The van der Waals surface area contributed by atoms with E-state index in [1.54, 1.807) is 0 Å². The number of hydrogen-bond donors (Lipinski definition) is 0. The quantitative estimate of drug-likeness (QED) is 0.471. The summed E-state index contributed by atoms with van der Waals surface area (Å²) in [6, 6.07) is 20.8. The first-order chi connectivity index (χ1) is 11.0. The summed E-state index contributed by atoms with van der Waals surface area (Å²) in [7, 11) is -0.533. The second-order valence-electron chi connectivity index (χ2n) is 6.17. The molecular formula is C20H24O2Si. The van der Waals surface area contributed by atoms with Gasteiger partial charge < -0.3 is 4.74 Å². The Morgan fingerprint density at radius 2 is 1.52 bits per heavy atom. The van der Waals surface area contributed by atoms with Gasteiger partial charge in [0, 0.05) is 11.1 Å². The number of allylic oxidation sites excluding steroid dienone is 1. The lowest BCUT2D eigenvalue weighted by molar-refractivity contribution is -0.136. The maximum atomic E-state index is 12.4. The van der Waals surface area contributed by atoms with Crippen molar-refractivity contribution in [2.45, 2.75) is 25.6 Å². The van der Waals surface area contributed by atoms with Crippen LogP contribution in [0.3, 0.4) is 0 Å². The van der Waals surface area contributed by atoms with Crippen molar-refractivity contribution in [1.82, 2.24) is 0 Å². The van der Waals surface area contributed by atoms with Crippen LogP contribution in [0.2, 0.25) is 13.1 Å². The van der Waals surface area contributed by atoms with E-state index in [9.17, 15) is 4.79 Å². The average Bonchev–Trinajstić information content (AvgIpc) is 2.60. The van der Waals surface area contributed by atoms with Gasteiger partial charge in [-0.25, -0.2) is 4.79 Å². The summed E-state index contributed by atoms with van der Waals surface area (Å²) >= 11 is 0. The zero-order valence-corrected chi connectivity index (χ0v) is 15.2. The van der Waals surface area contributed by atoms with Crippen molar-refractivity contribution in [2.24, 2.45) is 0 Å². The fourth-order valence-corrected chi connectivity index (χ4v) is 6.66. The second kappa shape index (κ2) is 7.42. The highest BCUT2D eigenvalue weighted by molar-refractivity contribution is 6.91. The van der Waals surface area contributed by atoms with Crippen molar-refractivity contribution in [3.63, 3.8) is 0 Å². The summed E-state index contributed by atoms with van der Waals surface area (Å²) in [6.07, 6.45) is 1.90. The molecule has 2 aromatic rings. The number of methoxy groups -OCH3 is 1.